The quantitative estimate of drug-likeness (QED) is 0.769. The highest BCUT2D eigenvalue weighted by atomic mass is 79.9. The molecule has 2 rings (SSSR count). The average Bonchev–Trinajstić information content (AvgIpc) is 2.23. The van der Waals surface area contributed by atoms with Gasteiger partial charge in [0.25, 0.3) is 0 Å². The Morgan fingerprint density at radius 1 is 1.06 bits per heavy atom. The van der Waals surface area contributed by atoms with Gasteiger partial charge in [-0.1, -0.05) is 22.0 Å². The number of nitrogens with one attached hydrogen (secondary N) is 1. The summed E-state index contributed by atoms with van der Waals surface area (Å²) >= 11 is 6.86. The van der Waals surface area contributed by atoms with Gasteiger partial charge in [0.15, 0.2) is 0 Å². The van der Waals surface area contributed by atoms with Crippen molar-refractivity contribution >= 4 is 43.4 Å². The van der Waals surface area contributed by atoms with Gasteiger partial charge in [-0.25, -0.2) is 4.98 Å². The standard InChI is InChI=1S/C13H12Br2N2/c1-8-6-10(14)7-9(2)13(8)17-12-5-3-4-11(15)16-12/h3-7H,1-2H3,(H,16,17). The molecule has 0 spiro atoms. The lowest BCUT2D eigenvalue weighted by Crippen LogP contribution is -1.98. The normalized spacial score (nSPS) is 10.4. The Labute approximate surface area is 118 Å². The van der Waals surface area contributed by atoms with E-state index in [-0.39, 0.29) is 0 Å². The molecule has 4 heteroatoms. The fourth-order valence-corrected chi connectivity index (χ4v) is 2.74. The molecule has 1 aromatic carbocycles. The van der Waals surface area contributed by atoms with Crippen LogP contribution in [0.15, 0.2) is 39.4 Å². The van der Waals surface area contributed by atoms with Crippen molar-refractivity contribution in [1.82, 2.24) is 4.98 Å². The third-order valence-electron chi connectivity index (χ3n) is 2.47. The van der Waals surface area contributed by atoms with Crippen LogP contribution >= 0.6 is 31.9 Å². The van der Waals surface area contributed by atoms with E-state index in [1.807, 2.05) is 18.2 Å². The molecule has 0 saturated heterocycles. The van der Waals surface area contributed by atoms with Crippen LogP contribution in [-0.2, 0) is 0 Å². The summed E-state index contributed by atoms with van der Waals surface area (Å²) in [6.45, 7) is 4.16. The summed E-state index contributed by atoms with van der Waals surface area (Å²) in [7, 11) is 0. The highest BCUT2D eigenvalue weighted by molar-refractivity contribution is 9.10. The van der Waals surface area contributed by atoms with E-state index in [4.69, 9.17) is 0 Å². The van der Waals surface area contributed by atoms with E-state index in [0.29, 0.717) is 0 Å². The fraction of sp³-hybridized carbons (Fsp3) is 0.154. The second-order valence-corrected chi connectivity index (χ2v) is 5.61. The summed E-state index contributed by atoms with van der Waals surface area (Å²) < 4.78 is 1.93. The number of halogens is 2. The zero-order valence-corrected chi connectivity index (χ0v) is 12.8. The van der Waals surface area contributed by atoms with Crippen molar-refractivity contribution in [2.24, 2.45) is 0 Å². The van der Waals surface area contributed by atoms with Crippen LogP contribution in [0.25, 0.3) is 0 Å². The van der Waals surface area contributed by atoms with E-state index >= 15 is 0 Å². The highest BCUT2D eigenvalue weighted by Gasteiger charge is 2.05. The molecule has 1 aromatic heterocycles. The van der Waals surface area contributed by atoms with Gasteiger partial charge in [0.05, 0.1) is 0 Å². The number of aromatic nitrogens is 1. The van der Waals surface area contributed by atoms with E-state index in [9.17, 15) is 0 Å². The number of nitrogens with zero attached hydrogens (tertiary/aromatic N) is 1. The first kappa shape index (κ1) is 12.6. The van der Waals surface area contributed by atoms with E-state index < -0.39 is 0 Å². The van der Waals surface area contributed by atoms with Crippen LogP contribution in [0.2, 0.25) is 0 Å². The fourth-order valence-electron chi connectivity index (χ4n) is 1.71. The molecular formula is C13H12Br2N2. The summed E-state index contributed by atoms with van der Waals surface area (Å²) in [6, 6.07) is 10.0. The smallest absolute Gasteiger partial charge is 0.131 e. The van der Waals surface area contributed by atoms with Gasteiger partial charge in [0, 0.05) is 10.2 Å². The summed E-state index contributed by atoms with van der Waals surface area (Å²) in [5.74, 6) is 0.841. The molecule has 0 radical (unpaired) electrons. The summed E-state index contributed by atoms with van der Waals surface area (Å²) in [5.41, 5.74) is 3.50. The Morgan fingerprint density at radius 3 is 2.29 bits per heavy atom. The molecule has 2 nitrogen and oxygen atoms in total. The number of benzene rings is 1. The molecule has 0 fully saturated rings. The highest BCUT2D eigenvalue weighted by Crippen LogP contribution is 2.27. The van der Waals surface area contributed by atoms with Crippen LogP contribution in [0.1, 0.15) is 11.1 Å². The van der Waals surface area contributed by atoms with Crippen molar-refractivity contribution < 1.29 is 0 Å². The number of hydrogen-bond acceptors (Lipinski definition) is 2. The number of rotatable bonds is 2. The lowest BCUT2D eigenvalue weighted by molar-refractivity contribution is 1.24. The van der Waals surface area contributed by atoms with Crippen LogP contribution < -0.4 is 5.32 Å². The Hall–Kier alpha value is -0.870. The predicted octanol–water partition coefficient (Wildman–Crippen LogP) is 4.97. The summed E-state index contributed by atoms with van der Waals surface area (Å²) in [5, 5.41) is 3.35. The first-order chi connectivity index (χ1) is 8.06. The summed E-state index contributed by atoms with van der Waals surface area (Å²) in [4.78, 5) is 4.37. The lowest BCUT2D eigenvalue weighted by Gasteiger charge is -2.12. The van der Waals surface area contributed by atoms with Crippen LogP contribution in [0.3, 0.4) is 0 Å². The minimum atomic E-state index is 0.829. The Morgan fingerprint density at radius 2 is 1.71 bits per heavy atom. The van der Waals surface area contributed by atoms with Crippen LogP contribution in [0, 0.1) is 13.8 Å². The molecule has 1 heterocycles. The third kappa shape index (κ3) is 3.07. The molecule has 2 aromatic rings. The van der Waals surface area contributed by atoms with Crippen molar-refractivity contribution in [2.75, 3.05) is 5.32 Å². The van der Waals surface area contributed by atoms with Gasteiger partial charge in [-0.05, 0) is 65.2 Å². The van der Waals surface area contributed by atoms with Crippen molar-refractivity contribution in [2.45, 2.75) is 13.8 Å². The molecule has 0 amide bonds. The Bertz CT molecular complexity index is 530. The van der Waals surface area contributed by atoms with Crippen molar-refractivity contribution in [3.05, 3.63) is 50.5 Å². The van der Waals surface area contributed by atoms with E-state index in [2.05, 4.69) is 68.1 Å². The Kier molecular flexibility index (Phi) is 3.84. The molecule has 0 unspecified atom stereocenters. The topological polar surface area (TPSA) is 24.9 Å². The second kappa shape index (κ2) is 5.19. The number of aryl methyl sites for hydroxylation is 2. The maximum absolute atomic E-state index is 4.37. The maximum Gasteiger partial charge on any atom is 0.131 e. The Balaban J connectivity index is 2.36. The van der Waals surface area contributed by atoms with Crippen molar-refractivity contribution in [3.63, 3.8) is 0 Å². The molecule has 0 aliphatic heterocycles. The molecule has 0 atom stereocenters. The van der Waals surface area contributed by atoms with Gasteiger partial charge in [-0.15, -0.1) is 0 Å². The second-order valence-electron chi connectivity index (χ2n) is 3.89. The minimum absolute atomic E-state index is 0.829. The first-order valence-electron chi connectivity index (χ1n) is 5.22. The van der Waals surface area contributed by atoms with E-state index in [1.54, 1.807) is 0 Å². The van der Waals surface area contributed by atoms with E-state index in [0.717, 1.165) is 20.6 Å². The lowest BCUT2D eigenvalue weighted by atomic mass is 10.1. The molecule has 1 N–H and O–H groups in total. The first-order valence-corrected chi connectivity index (χ1v) is 6.81. The van der Waals surface area contributed by atoms with Gasteiger partial charge in [-0.2, -0.15) is 0 Å². The molecule has 0 saturated carbocycles. The number of pyridine rings is 1. The number of hydrogen-bond donors (Lipinski definition) is 1. The number of anilines is 2. The van der Waals surface area contributed by atoms with Crippen molar-refractivity contribution in [3.8, 4) is 0 Å². The monoisotopic (exact) mass is 354 g/mol. The zero-order valence-electron chi connectivity index (χ0n) is 9.59. The molecular weight excluding hydrogens is 344 g/mol. The maximum atomic E-state index is 4.37. The predicted molar refractivity (Wildman–Crippen MR) is 78.8 cm³/mol. The molecule has 88 valence electrons. The van der Waals surface area contributed by atoms with Crippen LogP contribution in [0.4, 0.5) is 11.5 Å². The molecule has 0 aliphatic carbocycles. The minimum Gasteiger partial charge on any atom is -0.340 e. The van der Waals surface area contributed by atoms with Crippen molar-refractivity contribution in [1.29, 1.82) is 0 Å². The van der Waals surface area contributed by atoms with Gasteiger partial charge >= 0.3 is 0 Å². The summed E-state index contributed by atoms with van der Waals surface area (Å²) in [6.07, 6.45) is 0. The van der Waals surface area contributed by atoms with Crippen LogP contribution in [-0.4, -0.2) is 4.98 Å². The molecule has 0 bridgehead atoms. The zero-order chi connectivity index (χ0) is 12.4. The largest absolute Gasteiger partial charge is 0.340 e. The van der Waals surface area contributed by atoms with Gasteiger partial charge < -0.3 is 5.32 Å². The van der Waals surface area contributed by atoms with Crippen LogP contribution in [0.5, 0.6) is 0 Å². The molecule has 0 aliphatic rings. The van der Waals surface area contributed by atoms with E-state index in [1.165, 1.54) is 11.1 Å². The van der Waals surface area contributed by atoms with Gasteiger partial charge in [0.2, 0.25) is 0 Å². The van der Waals surface area contributed by atoms with Gasteiger partial charge in [-0.3, -0.25) is 0 Å². The third-order valence-corrected chi connectivity index (χ3v) is 3.37. The average molecular weight is 356 g/mol. The molecule has 17 heavy (non-hydrogen) atoms. The SMILES string of the molecule is Cc1cc(Br)cc(C)c1Nc1cccc(Br)n1. The van der Waals surface area contributed by atoms with Gasteiger partial charge in [0.1, 0.15) is 10.4 Å².